The molecule has 5 heteroatoms. The first-order chi connectivity index (χ1) is 10.7. The number of fused-ring (bicyclic) bond motifs is 1. The Kier molecular flexibility index (Phi) is 4.43. The number of rotatable bonds is 4. The fourth-order valence-corrected chi connectivity index (χ4v) is 3.67. The number of hydrogen-bond acceptors (Lipinski definition) is 3. The van der Waals surface area contributed by atoms with Gasteiger partial charge in [0.1, 0.15) is 5.75 Å². The van der Waals surface area contributed by atoms with Crippen LogP contribution in [0.4, 0.5) is 0 Å². The molecule has 0 bridgehead atoms. The molecule has 0 fully saturated rings. The standard InChI is InChI=1S/C17H20N2O2S/c1-13-16-7-4-8-18(16)9-10-19(13)17(20)12-22-15-6-3-5-14(11-15)21-2/h3-8,11,13H,9-10,12H2,1-2H3/t13-/m0/s1. The van der Waals surface area contributed by atoms with Crippen molar-refractivity contribution in [2.24, 2.45) is 0 Å². The normalized spacial score (nSPS) is 17.2. The fraction of sp³-hybridized carbons (Fsp3) is 0.353. The molecule has 0 radical (unpaired) electrons. The van der Waals surface area contributed by atoms with Crippen LogP contribution >= 0.6 is 11.8 Å². The highest BCUT2D eigenvalue weighted by molar-refractivity contribution is 8.00. The van der Waals surface area contributed by atoms with Gasteiger partial charge in [-0.1, -0.05) is 6.07 Å². The number of hydrogen-bond donors (Lipinski definition) is 0. The number of aromatic nitrogens is 1. The first-order valence-electron chi connectivity index (χ1n) is 7.40. The predicted molar refractivity (Wildman–Crippen MR) is 88.3 cm³/mol. The molecular formula is C17H20N2O2S. The predicted octanol–water partition coefficient (Wildman–Crippen LogP) is 3.19. The lowest BCUT2D eigenvalue weighted by Crippen LogP contribution is -2.41. The Morgan fingerprint density at radius 1 is 1.32 bits per heavy atom. The summed E-state index contributed by atoms with van der Waals surface area (Å²) in [4.78, 5) is 15.6. The summed E-state index contributed by atoms with van der Waals surface area (Å²) in [6.07, 6.45) is 2.08. The highest BCUT2D eigenvalue weighted by Gasteiger charge is 2.27. The maximum atomic E-state index is 12.5. The third-order valence-electron chi connectivity index (χ3n) is 4.07. The molecule has 0 aliphatic carbocycles. The smallest absolute Gasteiger partial charge is 0.233 e. The number of nitrogens with zero attached hydrogens (tertiary/aromatic N) is 2. The maximum Gasteiger partial charge on any atom is 0.233 e. The van der Waals surface area contributed by atoms with Crippen molar-refractivity contribution < 1.29 is 9.53 Å². The van der Waals surface area contributed by atoms with E-state index in [1.165, 1.54) is 5.69 Å². The molecule has 1 aliphatic rings. The summed E-state index contributed by atoms with van der Waals surface area (Å²) in [6, 6.07) is 12.1. The van der Waals surface area contributed by atoms with Gasteiger partial charge in [-0.2, -0.15) is 0 Å². The molecule has 2 heterocycles. The van der Waals surface area contributed by atoms with Crippen molar-refractivity contribution in [3.8, 4) is 5.75 Å². The SMILES string of the molecule is COc1cccc(SCC(=O)N2CCn3cccc3[C@@H]2C)c1. The van der Waals surface area contributed by atoms with Crippen molar-refractivity contribution in [1.29, 1.82) is 0 Å². The van der Waals surface area contributed by atoms with Gasteiger partial charge in [0.25, 0.3) is 0 Å². The lowest BCUT2D eigenvalue weighted by molar-refractivity contribution is -0.131. The Labute approximate surface area is 135 Å². The zero-order valence-electron chi connectivity index (χ0n) is 12.9. The minimum absolute atomic E-state index is 0.141. The second kappa shape index (κ2) is 6.48. The zero-order chi connectivity index (χ0) is 15.5. The van der Waals surface area contributed by atoms with Crippen LogP contribution in [0, 0.1) is 0 Å². The largest absolute Gasteiger partial charge is 0.497 e. The molecule has 1 aliphatic heterocycles. The second-order valence-electron chi connectivity index (χ2n) is 5.36. The highest BCUT2D eigenvalue weighted by atomic mass is 32.2. The van der Waals surface area contributed by atoms with Gasteiger partial charge in [-0.05, 0) is 37.3 Å². The molecule has 0 saturated heterocycles. The van der Waals surface area contributed by atoms with E-state index in [1.54, 1.807) is 18.9 Å². The molecule has 1 amide bonds. The molecule has 4 nitrogen and oxygen atoms in total. The Bertz CT molecular complexity index is 668. The molecule has 0 N–H and O–H groups in total. The van der Waals surface area contributed by atoms with Gasteiger partial charge < -0.3 is 14.2 Å². The Morgan fingerprint density at radius 3 is 3.00 bits per heavy atom. The van der Waals surface area contributed by atoms with Gasteiger partial charge in [0, 0.05) is 29.9 Å². The van der Waals surface area contributed by atoms with Crippen LogP contribution in [0.5, 0.6) is 5.75 Å². The average molecular weight is 316 g/mol. The fourth-order valence-electron chi connectivity index (χ4n) is 2.84. The lowest BCUT2D eigenvalue weighted by atomic mass is 10.1. The number of benzene rings is 1. The minimum Gasteiger partial charge on any atom is -0.497 e. The van der Waals surface area contributed by atoms with Crippen molar-refractivity contribution in [1.82, 2.24) is 9.47 Å². The van der Waals surface area contributed by atoms with Gasteiger partial charge in [-0.25, -0.2) is 0 Å². The minimum atomic E-state index is 0.141. The Hall–Kier alpha value is -1.88. The van der Waals surface area contributed by atoms with Crippen molar-refractivity contribution >= 4 is 17.7 Å². The first kappa shape index (κ1) is 15.0. The van der Waals surface area contributed by atoms with Crippen LogP contribution in [-0.4, -0.2) is 34.8 Å². The molecule has 1 aromatic heterocycles. The van der Waals surface area contributed by atoms with Crippen molar-refractivity contribution in [3.05, 3.63) is 48.3 Å². The van der Waals surface area contributed by atoms with E-state index in [9.17, 15) is 4.79 Å². The summed E-state index contributed by atoms with van der Waals surface area (Å²) in [5, 5.41) is 0. The van der Waals surface area contributed by atoms with Gasteiger partial charge in [-0.15, -0.1) is 11.8 Å². The van der Waals surface area contributed by atoms with Crippen LogP contribution in [-0.2, 0) is 11.3 Å². The number of carbonyl (C=O) groups excluding carboxylic acids is 1. The van der Waals surface area contributed by atoms with Gasteiger partial charge >= 0.3 is 0 Å². The summed E-state index contributed by atoms with van der Waals surface area (Å²) in [6.45, 7) is 3.75. The Balaban J connectivity index is 1.63. The maximum absolute atomic E-state index is 12.5. The molecule has 0 unspecified atom stereocenters. The third kappa shape index (κ3) is 2.99. The molecule has 0 saturated carbocycles. The van der Waals surface area contributed by atoms with Crippen molar-refractivity contribution in [2.45, 2.75) is 24.4 Å². The second-order valence-corrected chi connectivity index (χ2v) is 6.41. The first-order valence-corrected chi connectivity index (χ1v) is 8.39. The van der Waals surface area contributed by atoms with Crippen LogP contribution in [0.25, 0.3) is 0 Å². The number of amides is 1. The lowest BCUT2D eigenvalue weighted by Gasteiger charge is -2.35. The van der Waals surface area contributed by atoms with Gasteiger partial charge in [-0.3, -0.25) is 4.79 Å². The van der Waals surface area contributed by atoms with E-state index in [1.807, 2.05) is 35.2 Å². The topological polar surface area (TPSA) is 34.5 Å². The van der Waals surface area contributed by atoms with Gasteiger partial charge in [0.15, 0.2) is 0 Å². The van der Waals surface area contributed by atoms with E-state index in [0.717, 1.165) is 23.7 Å². The van der Waals surface area contributed by atoms with Gasteiger partial charge in [0.2, 0.25) is 5.91 Å². The van der Waals surface area contributed by atoms with Gasteiger partial charge in [0.05, 0.1) is 18.9 Å². The molecule has 3 rings (SSSR count). The summed E-state index contributed by atoms with van der Waals surface area (Å²) in [5.41, 5.74) is 1.21. The van der Waals surface area contributed by atoms with Crippen LogP contribution in [0.15, 0.2) is 47.5 Å². The van der Waals surface area contributed by atoms with Crippen LogP contribution < -0.4 is 4.74 Å². The molecular weight excluding hydrogens is 296 g/mol. The highest BCUT2D eigenvalue weighted by Crippen LogP contribution is 2.28. The summed E-state index contributed by atoms with van der Waals surface area (Å²) in [7, 11) is 1.65. The van der Waals surface area contributed by atoms with Crippen molar-refractivity contribution in [3.63, 3.8) is 0 Å². The number of ether oxygens (including phenoxy) is 1. The zero-order valence-corrected chi connectivity index (χ0v) is 13.7. The van der Waals surface area contributed by atoms with E-state index < -0.39 is 0 Å². The number of methoxy groups -OCH3 is 1. The molecule has 0 spiro atoms. The summed E-state index contributed by atoms with van der Waals surface area (Å²) in [5.74, 6) is 1.47. The van der Waals surface area contributed by atoms with Crippen molar-refractivity contribution in [2.75, 3.05) is 19.4 Å². The quantitative estimate of drug-likeness (QED) is 0.813. The molecule has 1 aromatic carbocycles. The molecule has 2 aromatic rings. The number of thioether (sulfide) groups is 1. The molecule has 116 valence electrons. The number of carbonyl (C=O) groups is 1. The molecule has 22 heavy (non-hydrogen) atoms. The summed E-state index contributed by atoms with van der Waals surface area (Å²) < 4.78 is 7.44. The van der Waals surface area contributed by atoms with E-state index in [0.29, 0.717) is 5.75 Å². The monoisotopic (exact) mass is 316 g/mol. The van der Waals surface area contributed by atoms with E-state index >= 15 is 0 Å². The third-order valence-corrected chi connectivity index (χ3v) is 5.04. The summed E-state index contributed by atoms with van der Waals surface area (Å²) >= 11 is 1.56. The van der Waals surface area contributed by atoms with Crippen LogP contribution in [0.1, 0.15) is 18.7 Å². The van der Waals surface area contributed by atoms with E-state index in [2.05, 4.69) is 23.8 Å². The molecule has 1 atom stereocenters. The van der Waals surface area contributed by atoms with Crippen LogP contribution in [0.3, 0.4) is 0 Å². The van der Waals surface area contributed by atoms with E-state index in [4.69, 9.17) is 4.74 Å². The average Bonchev–Trinajstić information content (AvgIpc) is 3.03. The Morgan fingerprint density at radius 2 is 2.18 bits per heavy atom. The van der Waals surface area contributed by atoms with E-state index in [-0.39, 0.29) is 11.9 Å². The van der Waals surface area contributed by atoms with Crippen LogP contribution in [0.2, 0.25) is 0 Å².